The van der Waals surface area contributed by atoms with Crippen LogP contribution in [0.4, 0.5) is 0 Å². The van der Waals surface area contributed by atoms with E-state index < -0.39 is 12.1 Å². The summed E-state index contributed by atoms with van der Waals surface area (Å²) in [5.74, 6) is -0.991. The summed E-state index contributed by atoms with van der Waals surface area (Å²) < 4.78 is 0. The van der Waals surface area contributed by atoms with Crippen LogP contribution < -0.4 is 0 Å². The molecule has 14 heavy (non-hydrogen) atoms. The minimum absolute atomic E-state index is 0.230. The number of nitrogens with zero attached hydrogens (tertiary/aromatic N) is 1. The molecule has 0 saturated carbocycles. The second kappa shape index (κ2) is 5.29. The largest absolute Gasteiger partial charge is 0.481 e. The molecule has 0 aromatic rings. The zero-order chi connectivity index (χ0) is 10.6. The highest BCUT2D eigenvalue weighted by molar-refractivity contribution is 5.67. The summed E-state index contributed by atoms with van der Waals surface area (Å²) in [7, 11) is 0. The van der Waals surface area contributed by atoms with E-state index in [9.17, 15) is 15.0 Å². The molecule has 1 saturated heterocycles. The van der Waals surface area contributed by atoms with Crippen LogP contribution in [0, 0.1) is 0 Å². The van der Waals surface area contributed by atoms with Gasteiger partial charge in [-0.3, -0.25) is 9.69 Å². The van der Waals surface area contributed by atoms with Crippen LogP contribution >= 0.6 is 0 Å². The average molecular weight is 203 g/mol. The fraction of sp³-hybridized carbons (Fsp3) is 0.889. The molecule has 1 aliphatic heterocycles. The van der Waals surface area contributed by atoms with Crippen molar-refractivity contribution < 1.29 is 20.1 Å². The molecule has 3 N–H and O–H groups in total. The molecular formula is C9H17NO4. The van der Waals surface area contributed by atoms with Gasteiger partial charge in [0.15, 0.2) is 0 Å². The molecular weight excluding hydrogens is 186 g/mol. The highest BCUT2D eigenvalue weighted by Crippen LogP contribution is 2.10. The highest BCUT2D eigenvalue weighted by atomic mass is 16.4. The number of piperidine rings is 1. The third-order valence-corrected chi connectivity index (χ3v) is 2.36. The number of β-amino-alcohol motifs (C(OH)–C–C–N with tert-alkyl or cyclic N) is 2. The summed E-state index contributed by atoms with van der Waals surface area (Å²) in [6.07, 6.45) is 0.303. The minimum Gasteiger partial charge on any atom is -0.481 e. The van der Waals surface area contributed by atoms with Crippen LogP contribution in [0.3, 0.4) is 0 Å². The summed E-state index contributed by atoms with van der Waals surface area (Å²) in [6.45, 7) is 1.70. The smallest absolute Gasteiger partial charge is 0.306 e. The van der Waals surface area contributed by atoms with Crippen molar-refractivity contribution in [3.63, 3.8) is 0 Å². The molecule has 5 nitrogen and oxygen atoms in total. The summed E-state index contributed by atoms with van der Waals surface area (Å²) >= 11 is 0. The Kier molecular flexibility index (Phi) is 4.31. The first-order valence-corrected chi connectivity index (χ1v) is 4.88. The van der Waals surface area contributed by atoms with Crippen LogP contribution in [0.25, 0.3) is 0 Å². The fourth-order valence-electron chi connectivity index (χ4n) is 1.76. The minimum atomic E-state index is -0.991. The Bertz CT molecular complexity index is 197. The van der Waals surface area contributed by atoms with Crippen LogP contribution in [-0.4, -0.2) is 58.0 Å². The van der Waals surface area contributed by atoms with Crippen molar-refractivity contribution in [2.24, 2.45) is 0 Å². The summed E-state index contributed by atoms with van der Waals surface area (Å²) in [4.78, 5) is 12.2. The Morgan fingerprint density at radius 3 is 2.86 bits per heavy atom. The number of hydrogen-bond donors (Lipinski definition) is 3. The molecule has 0 radical (unpaired) electrons. The van der Waals surface area contributed by atoms with E-state index in [0.717, 1.165) is 19.4 Å². The Morgan fingerprint density at radius 2 is 2.29 bits per heavy atom. The average Bonchev–Trinajstić information content (AvgIpc) is 2.01. The van der Waals surface area contributed by atoms with Crippen molar-refractivity contribution in [1.82, 2.24) is 4.90 Å². The summed E-state index contributed by atoms with van der Waals surface area (Å²) in [6, 6.07) is 0. The van der Waals surface area contributed by atoms with Gasteiger partial charge in [-0.15, -0.1) is 0 Å². The van der Waals surface area contributed by atoms with E-state index >= 15 is 0 Å². The van der Waals surface area contributed by atoms with Crippen LogP contribution in [0.15, 0.2) is 0 Å². The molecule has 1 rings (SSSR count). The van der Waals surface area contributed by atoms with Crippen molar-refractivity contribution >= 4 is 5.97 Å². The number of rotatable bonds is 4. The van der Waals surface area contributed by atoms with Crippen molar-refractivity contribution in [3.05, 3.63) is 0 Å². The number of aliphatic carboxylic acids is 1. The molecule has 0 aromatic carbocycles. The molecule has 1 fully saturated rings. The van der Waals surface area contributed by atoms with Crippen molar-refractivity contribution in [3.8, 4) is 0 Å². The number of hydrogen-bond acceptors (Lipinski definition) is 4. The molecule has 0 spiro atoms. The zero-order valence-electron chi connectivity index (χ0n) is 8.09. The number of likely N-dealkylation sites (tertiary alicyclic amines) is 1. The normalized spacial score (nSPS) is 26.0. The van der Waals surface area contributed by atoms with E-state index in [2.05, 4.69) is 0 Å². The first kappa shape index (κ1) is 11.4. The molecule has 5 heteroatoms. The number of aliphatic hydroxyl groups excluding tert-OH is 2. The lowest BCUT2D eigenvalue weighted by Gasteiger charge is -2.31. The molecule has 0 amide bonds. The molecule has 0 aliphatic carbocycles. The second-order valence-corrected chi connectivity index (χ2v) is 3.81. The Hall–Kier alpha value is -0.650. The Labute approximate surface area is 83.0 Å². The SMILES string of the molecule is O=C(O)CC(O)CN1CCCC(O)C1. The first-order chi connectivity index (χ1) is 6.58. The topological polar surface area (TPSA) is 81.0 Å². The van der Waals surface area contributed by atoms with E-state index in [1.54, 1.807) is 0 Å². The van der Waals surface area contributed by atoms with E-state index in [1.165, 1.54) is 0 Å². The lowest BCUT2D eigenvalue weighted by atomic mass is 10.1. The molecule has 0 bridgehead atoms. The van der Waals surface area contributed by atoms with Gasteiger partial charge in [0.25, 0.3) is 0 Å². The number of carbonyl (C=O) groups is 1. The maximum absolute atomic E-state index is 10.3. The van der Waals surface area contributed by atoms with Crippen LogP contribution in [0.5, 0.6) is 0 Å². The second-order valence-electron chi connectivity index (χ2n) is 3.81. The number of carboxylic acids is 1. The van der Waals surface area contributed by atoms with Gasteiger partial charge in [-0.05, 0) is 19.4 Å². The predicted molar refractivity (Wildman–Crippen MR) is 49.9 cm³/mol. The third kappa shape index (κ3) is 4.04. The van der Waals surface area contributed by atoms with Gasteiger partial charge in [-0.2, -0.15) is 0 Å². The van der Waals surface area contributed by atoms with Gasteiger partial charge >= 0.3 is 5.97 Å². The monoisotopic (exact) mass is 203 g/mol. The van der Waals surface area contributed by atoms with Gasteiger partial charge in [-0.1, -0.05) is 0 Å². The molecule has 2 unspecified atom stereocenters. The molecule has 1 aliphatic rings. The van der Waals surface area contributed by atoms with Gasteiger partial charge in [-0.25, -0.2) is 0 Å². The van der Waals surface area contributed by atoms with Gasteiger partial charge in [0.2, 0.25) is 0 Å². The van der Waals surface area contributed by atoms with Gasteiger partial charge < -0.3 is 15.3 Å². The zero-order valence-corrected chi connectivity index (χ0v) is 8.09. The highest BCUT2D eigenvalue weighted by Gasteiger charge is 2.20. The van der Waals surface area contributed by atoms with Gasteiger partial charge in [0.05, 0.1) is 18.6 Å². The molecule has 82 valence electrons. The fourth-order valence-corrected chi connectivity index (χ4v) is 1.76. The van der Waals surface area contributed by atoms with Crippen molar-refractivity contribution in [2.75, 3.05) is 19.6 Å². The van der Waals surface area contributed by atoms with Crippen molar-refractivity contribution in [2.45, 2.75) is 31.5 Å². The lowest BCUT2D eigenvalue weighted by molar-refractivity contribution is -0.139. The lowest BCUT2D eigenvalue weighted by Crippen LogP contribution is -2.42. The maximum atomic E-state index is 10.3. The Balaban J connectivity index is 2.25. The summed E-state index contributed by atoms with van der Waals surface area (Å²) in [5.41, 5.74) is 0. The van der Waals surface area contributed by atoms with Gasteiger partial charge in [0, 0.05) is 13.1 Å². The number of aliphatic hydroxyl groups is 2. The third-order valence-electron chi connectivity index (χ3n) is 2.36. The van der Waals surface area contributed by atoms with Crippen molar-refractivity contribution in [1.29, 1.82) is 0 Å². The van der Waals surface area contributed by atoms with E-state index in [1.807, 2.05) is 4.90 Å². The summed E-state index contributed by atoms with van der Waals surface area (Å²) in [5, 5.41) is 27.1. The Morgan fingerprint density at radius 1 is 1.57 bits per heavy atom. The van der Waals surface area contributed by atoms with E-state index in [-0.39, 0.29) is 12.5 Å². The standard InChI is InChI=1S/C9H17NO4/c11-7-2-1-3-10(5-7)6-8(12)4-9(13)14/h7-8,11-12H,1-6H2,(H,13,14). The van der Waals surface area contributed by atoms with Crippen LogP contribution in [-0.2, 0) is 4.79 Å². The molecule has 0 aromatic heterocycles. The maximum Gasteiger partial charge on any atom is 0.306 e. The quantitative estimate of drug-likeness (QED) is 0.561. The first-order valence-electron chi connectivity index (χ1n) is 4.88. The van der Waals surface area contributed by atoms with Crippen LogP contribution in [0.1, 0.15) is 19.3 Å². The van der Waals surface area contributed by atoms with Gasteiger partial charge in [0.1, 0.15) is 0 Å². The molecule has 2 atom stereocenters. The molecule has 1 heterocycles. The predicted octanol–water partition coefficient (Wildman–Crippen LogP) is -0.721. The van der Waals surface area contributed by atoms with E-state index in [0.29, 0.717) is 13.1 Å². The number of carboxylic acid groups (broad SMARTS) is 1. The van der Waals surface area contributed by atoms with Crippen LogP contribution in [0.2, 0.25) is 0 Å². The van der Waals surface area contributed by atoms with E-state index in [4.69, 9.17) is 5.11 Å².